The van der Waals surface area contributed by atoms with Gasteiger partial charge in [-0.2, -0.15) is 0 Å². The van der Waals surface area contributed by atoms with Crippen molar-refractivity contribution in [3.63, 3.8) is 0 Å². The summed E-state index contributed by atoms with van der Waals surface area (Å²) in [4.78, 5) is 4.68. The third-order valence-corrected chi connectivity index (χ3v) is 4.70. The zero-order valence-corrected chi connectivity index (χ0v) is 10.5. The molecule has 1 saturated carbocycles. The third kappa shape index (κ3) is 1.55. The van der Waals surface area contributed by atoms with E-state index in [1.54, 1.807) is 11.3 Å². The fourth-order valence-corrected chi connectivity index (χ4v) is 3.32. The van der Waals surface area contributed by atoms with Crippen LogP contribution < -0.4 is 5.73 Å². The predicted molar refractivity (Wildman–Crippen MR) is 68.6 cm³/mol. The molecule has 2 aromatic rings. The van der Waals surface area contributed by atoms with Gasteiger partial charge in [-0.15, -0.1) is 11.3 Å². The normalized spacial score (nSPS) is 19.9. The van der Waals surface area contributed by atoms with E-state index in [1.165, 1.54) is 23.1 Å². The van der Waals surface area contributed by atoms with E-state index in [9.17, 15) is 0 Å². The molecule has 3 heteroatoms. The molecule has 0 bridgehead atoms. The molecule has 1 heterocycles. The highest BCUT2D eigenvalue weighted by atomic mass is 32.1. The Morgan fingerprint density at radius 2 is 2.19 bits per heavy atom. The van der Waals surface area contributed by atoms with Crippen LogP contribution >= 0.6 is 11.3 Å². The average Bonchev–Trinajstić information content (AvgIpc) is 2.99. The van der Waals surface area contributed by atoms with Gasteiger partial charge in [0, 0.05) is 0 Å². The van der Waals surface area contributed by atoms with Gasteiger partial charge in [-0.3, -0.25) is 0 Å². The molecule has 1 unspecified atom stereocenters. The van der Waals surface area contributed by atoms with Crippen LogP contribution in [-0.2, 0) is 5.54 Å². The van der Waals surface area contributed by atoms with Crippen LogP contribution in [0.4, 0.5) is 0 Å². The summed E-state index contributed by atoms with van der Waals surface area (Å²) in [6.45, 7) is 4.23. The quantitative estimate of drug-likeness (QED) is 0.863. The van der Waals surface area contributed by atoms with Crippen LogP contribution in [0.5, 0.6) is 0 Å². The van der Waals surface area contributed by atoms with Crippen molar-refractivity contribution in [3.8, 4) is 0 Å². The second kappa shape index (κ2) is 3.28. The summed E-state index contributed by atoms with van der Waals surface area (Å²) in [6.07, 6.45) is 2.50. The van der Waals surface area contributed by atoms with E-state index >= 15 is 0 Å². The van der Waals surface area contributed by atoms with Crippen molar-refractivity contribution >= 4 is 21.6 Å². The summed E-state index contributed by atoms with van der Waals surface area (Å²) in [5, 5.41) is 1.09. The molecule has 2 N–H and O–H groups in total. The van der Waals surface area contributed by atoms with E-state index < -0.39 is 0 Å². The van der Waals surface area contributed by atoms with Gasteiger partial charge in [-0.25, -0.2) is 4.98 Å². The minimum absolute atomic E-state index is 0.225. The number of thiazole rings is 1. The molecule has 3 rings (SSSR count). The maximum absolute atomic E-state index is 6.39. The van der Waals surface area contributed by atoms with Crippen LogP contribution in [0.1, 0.15) is 30.3 Å². The van der Waals surface area contributed by atoms with Crippen molar-refractivity contribution in [1.29, 1.82) is 0 Å². The van der Waals surface area contributed by atoms with Crippen LogP contribution in [-0.4, -0.2) is 4.98 Å². The molecular weight excluding hydrogens is 216 g/mol. The molecular formula is C13H16N2S. The zero-order chi connectivity index (χ0) is 11.3. The monoisotopic (exact) mass is 232 g/mol. The maximum atomic E-state index is 6.39. The van der Waals surface area contributed by atoms with Crippen LogP contribution in [0.25, 0.3) is 10.2 Å². The molecule has 0 spiro atoms. The molecule has 0 radical (unpaired) electrons. The standard InChI is InChI=1S/C13H16N2S/c1-8-3-6-10-11(7-8)16-12(15-10)13(2,14)9-4-5-9/h3,6-7,9H,4-5,14H2,1-2H3. The molecule has 84 valence electrons. The number of benzene rings is 1. The first-order valence-electron chi connectivity index (χ1n) is 5.74. The Morgan fingerprint density at radius 3 is 2.88 bits per heavy atom. The van der Waals surface area contributed by atoms with Gasteiger partial charge in [0.25, 0.3) is 0 Å². The van der Waals surface area contributed by atoms with Crippen molar-refractivity contribution < 1.29 is 0 Å². The zero-order valence-electron chi connectivity index (χ0n) is 9.66. The number of fused-ring (bicyclic) bond motifs is 1. The lowest BCUT2D eigenvalue weighted by Gasteiger charge is -2.20. The number of hydrogen-bond acceptors (Lipinski definition) is 3. The summed E-state index contributed by atoms with van der Waals surface area (Å²) in [5.74, 6) is 0.633. The van der Waals surface area contributed by atoms with Gasteiger partial charge in [0.15, 0.2) is 0 Å². The molecule has 1 aliphatic rings. The van der Waals surface area contributed by atoms with Gasteiger partial charge in [0.2, 0.25) is 0 Å². The lowest BCUT2D eigenvalue weighted by Crippen LogP contribution is -2.35. The summed E-state index contributed by atoms with van der Waals surface area (Å²) >= 11 is 1.75. The van der Waals surface area contributed by atoms with Gasteiger partial charge in [-0.05, 0) is 50.3 Å². The van der Waals surface area contributed by atoms with E-state index in [2.05, 4.69) is 37.0 Å². The first-order valence-corrected chi connectivity index (χ1v) is 6.55. The molecule has 2 nitrogen and oxygen atoms in total. The Balaban J connectivity index is 2.11. The first-order chi connectivity index (χ1) is 7.57. The lowest BCUT2D eigenvalue weighted by atomic mass is 9.99. The molecule has 1 aromatic carbocycles. The number of aryl methyl sites for hydroxylation is 1. The van der Waals surface area contributed by atoms with Crippen LogP contribution in [0, 0.1) is 12.8 Å². The van der Waals surface area contributed by atoms with Gasteiger partial charge >= 0.3 is 0 Å². The second-order valence-electron chi connectivity index (χ2n) is 5.05. The number of aromatic nitrogens is 1. The Kier molecular flexibility index (Phi) is 2.10. The summed E-state index contributed by atoms with van der Waals surface area (Å²) in [6, 6.07) is 6.39. The minimum Gasteiger partial charge on any atom is -0.319 e. The minimum atomic E-state index is -0.225. The van der Waals surface area contributed by atoms with E-state index in [0.717, 1.165) is 10.5 Å². The van der Waals surface area contributed by atoms with Gasteiger partial charge in [0.1, 0.15) is 5.01 Å². The highest BCUT2D eigenvalue weighted by Gasteiger charge is 2.41. The smallest absolute Gasteiger partial charge is 0.114 e. The molecule has 1 fully saturated rings. The summed E-state index contributed by atoms with van der Waals surface area (Å²) < 4.78 is 1.26. The summed E-state index contributed by atoms with van der Waals surface area (Å²) in [5.41, 5.74) is 8.54. The summed E-state index contributed by atoms with van der Waals surface area (Å²) in [7, 11) is 0. The number of hydrogen-bond donors (Lipinski definition) is 1. The second-order valence-corrected chi connectivity index (χ2v) is 6.08. The van der Waals surface area contributed by atoms with Gasteiger partial charge in [-0.1, -0.05) is 6.07 Å². The largest absolute Gasteiger partial charge is 0.319 e. The van der Waals surface area contributed by atoms with Crippen molar-refractivity contribution in [3.05, 3.63) is 28.8 Å². The van der Waals surface area contributed by atoms with Crippen molar-refractivity contribution in [1.82, 2.24) is 4.98 Å². The Labute approximate surface area is 99.5 Å². The highest BCUT2D eigenvalue weighted by Crippen LogP contribution is 2.45. The first kappa shape index (κ1) is 10.2. The predicted octanol–water partition coefficient (Wildman–Crippen LogP) is 3.19. The molecule has 0 saturated heterocycles. The molecule has 16 heavy (non-hydrogen) atoms. The Bertz CT molecular complexity index is 538. The molecule has 0 aliphatic heterocycles. The van der Waals surface area contributed by atoms with E-state index in [-0.39, 0.29) is 5.54 Å². The Morgan fingerprint density at radius 1 is 1.44 bits per heavy atom. The van der Waals surface area contributed by atoms with Crippen LogP contribution in [0.15, 0.2) is 18.2 Å². The molecule has 1 aromatic heterocycles. The fraction of sp³-hybridized carbons (Fsp3) is 0.462. The number of nitrogens with zero attached hydrogens (tertiary/aromatic N) is 1. The molecule has 1 atom stereocenters. The molecule has 1 aliphatic carbocycles. The maximum Gasteiger partial charge on any atom is 0.114 e. The molecule has 0 amide bonds. The Hall–Kier alpha value is -0.930. The number of nitrogens with two attached hydrogens (primary N) is 1. The van der Waals surface area contributed by atoms with Crippen molar-refractivity contribution in [2.45, 2.75) is 32.2 Å². The SMILES string of the molecule is Cc1ccc2nc(C(C)(N)C3CC3)sc2c1. The van der Waals surface area contributed by atoms with Crippen molar-refractivity contribution in [2.24, 2.45) is 11.7 Å². The van der Waals surface area contributed by atoms with Crippen LogP contribution in [0.2, 0.25) is 0 Å². The number of rotatable bonds is 2. The lowest BCUT2D eigenvalue weighted by molar-refractivity contribution is 0.426. The van der Waals surface area contributed by atoms with E-state index in [0.29, 0.717) is 5.92 Å². The van der Waals surface area contributed by atoms with E-state index in [1.807, 2.05) is 0 Å². The van der Waals surface area contributed by atoms with Gasteiger partial charge < -0.3 is 5.73 Å². The van der Waals surface area contributed by atoms with Crippen LogP contribution in [0.3, 0.4) is 0 Å². The van der Waals surface area contributed by atoms with E-state index in [4.69, 9.17) is 5.73 Å². The highest BCUT2D eigenvalue weighted by molar-refractivity contribution is 7.18. The van der Waals surface area contributed by atoms with Gasteiger partial charge in [0.05, 0.1) is 15.8 Å². The van der Waals surface area contributed by atoms with Crippen molar-refractivity contribution in [2.75, 3.05) is 0 Å². The average molecular weight is 232 g/mol. The third-order valence-electron chi connectivity index (χ3n) is 3.43. The topological polar surface area (TPSA) is 38.9 Å². The fourth-order valence-electron chi connectivity index (χ4n) is 2.12.